The molecule has 0 amide bonds. The molecule has 1 aromatic rings. The fourth-order valence-electron chi connectivity index (χ4n) is 6.76. The lowest BCUT2D eigenvalue weighted by atomic mass is 9.79. The molecule has 0 saturated carbocycles. The van der Waals surface area contributed by atoms with Crippen LogP contribution in [0.3, 0.4) is 0 Å². The fraction of sp³-hybridized carbons (Fsp3) is 0.630. The monoisotopic (exact) mass is 467 g/mol. The molecule has 34 heavy (non-hydrogen) atoms. The Morgan fingerprint density at radius 1 is 1.12 bits per heavy atom. The van der Waals surface area contributed by atoms with Gasteiger partial charge in [0, 0.05) is 12.3 Å². The minimum Gasteiger partial charge on any atom is -0.462 e. The summed E-state index contributed by atoms with van der Waals surface area (Å²) in [7, 11) is 0. The van der Waals surface area contributed by atoms with E-state index in [-0.39, 0.29) is 23.9 Å². The second-order valence-corrected chi connectivity index (χ2v) is 11.0. The van der Waals surface area contributed by atoms with Crippen molar-refractivity contribution in [2.24, 2.45) is 17.8 Å². The topological polar surface area (TPSA) is 88.6 Å². The molecule has 1 aliphatic carbocycles. The summed E-state index contributed by atoms with van der Waals surface area (Å²) in [5, 5.41) is 11.5. The zero-order valence-electron chi connectivity index (χ0n) is 19.8. The van der Waals surface area contributed by atoms with E-state index in [2.05, 4.69) is 29.2 Å². The average molecular weight is 468 g/mol. The third-order valence-electron chi connectivity index (χ3n) is 8.76. The van der Waals surface area contributed by atoms with Crippen molar-refractivity contribution in [3.05, 3.63) is 47.5 Å². The molecule has 5 aliphatic rings. The molecule has 0 radical (unpaired) electrons. The van der Waals surface area contributed by atoms with Gasteiger partial charge in [0.25, 0.3) is 0 Å². The number of epoxide rings is 1. The van der Waals surface area contributed by atoms with Crippen LogP contribution in [0.4, 0.5) is 0 Å². The maximum Gasteiger partial charge on any atom is 0.336 e. The van der Waals surface area contributed by atoms with Gasteiger partial charge in [0.2, 0.25) is 0 Å². The predicted molar refractivity (Wildman–Crippen MR) is 123 cm³/mol. The molecular weight excluding hydrogens is 434 g/mol. The molecule has 2 bridgehead atoms. The molecule has 1 aromatic carbocycles. The molecule has 4 heterocycles. The van der Waals surface area contributed by atoms with E-state index in [0.29, 0.717) is 17.9 Å². The summed E-state index contributed by atoms with van der Waals surface area (Å²) in [5.74, 6) is -0.655. The lowest BCUT2D eigenvalue weighted by molar-refractivity contribution is -0.144. The molecule has 182 valence electrons. The van der Waals surface area contributed by atoms with Crippen LogP contribution in [0, 0.1) is 17.8 Å². The third-order valence-corrected chi connectivity index (χ3v) is 8.76. The Balaban J connectivity index is 1.25. The summed E-state index contributed by atoms with van der Waals surface area (Å²) in [4.78, 5) is 27.7. The van der Waals surface area contributed by atoms with E-state index in [1.165, 1.54) is 5.56 Å². The summed E-state index contributed by atoms with van der Waals surface area (Å²) in [6.45, 7) is 5.43. The van der Waals surface area contributed by atoms with Crippen molar-refractivity contribution in [3.63, 3.8) is 0 Å². The van der Waals surface area contributed by atoms with Gasteiger partial charge in [-0.1, -0.05) is 37.3 Å². The Labute approximate surface area is 200 Å². The molecule has 3 fully saturated rings. The molecule has 0 spiro atoms. The van der Waals surface area contributed by atoms with E-state index in [9.17, 15) is 14.7 Å². The highest BCUT2D eigenvalue weighted by Gasteiger charge is 2.64. The van der Waals surface area contributed by atoms with Gasteiger partial charge in [-0.15, -0.1) is 0 Å². The summed E-state index contributed by atoms with van der Waals surface area (Å²) in [6.07, 6.45) is 3.27. The van der Waals surface area contributed by atoms with Gasteiger partial charge in [0.05, 0.1) is 23.1 Å². The van der Waals surface area contributed by atoms with Gasteiger partial charge >= 0.3 is 11.9 Å². The molecule has 0 aromatic heterocycles. The maximum atomic E-state index is 13.1. The van der Waals surface area contributed by atoms with Crippen LogP contribution in [0.25, 0.3) is 0 Å². The number of hydrogen-bond acceptors (Lipinski definition) is 7. The number of fused-ring (bicyclic) bond motifs is 4. The number of hydrogen-bond donors (Lipinski definition) is 1. The maximum absolute atomic E-state index is 13.1. The van der Waals surface area contributed by atoms with E-state index in [0.717, 1.165) is 32.4 Å². The van der Waals surface area contributed by atoms with Crippen LogP contribution in [-0.2, 0) is 30.2 Å². The van der Waals surface area contributed by atoms with E-state index in [1.54, 1.807) is 0 Å². The summed E-state index contributed by atoms with van der Waals surface area (Å²) in [5.41, 5.74) is 1.28. The second kappa shape index (κ2) is 8.18. The Hall–Kier alpha value is -2.22. The van der Waals surface area contributed by atoms with Gasteiger partial charge in [-0.05, 0) is 56.8 Å². The second-order valence-electron chi connectivity index (χ2n) is 11.0. The number of rotatable bonds is 3. The van der Waals surface area contributed by atoms with Crippen LogP contribution in [0.1, 0.15) is 38.7 Å². The van der Waals surface area contributed by atoms with Crippen molar-refractivity contribution in [1.82, 2.24) is 4.90 Å². The Morgan fingerprint density at radius 3 is 2.59 bits per heavy atom. The Kier molecular flexibility index (Phi) is 5.35. The number of carbonyl (C=O) groups is 2. The predicted octanol–water partition coefficient (Wildman–Crippen LogP) is 2.26. The molecule has 1 N–H and O–H groups in total. The number of aliphatic hydroxyl groups is 1. The molecule has 8 atom stereocenters. The number of esters is 2. The number of likely N-dealkylation sites (tertiary alicyclic amines) is 1. The normalized spacial score (nSPS) is 42.3. The lowest BCUT2D eigenvalue weighted by Gasteiger charge is -2.39. The van der Waals surface area contributed by atoms with Crippen molar-refractivity contribution >= 4 is 11.9 Å². The first kappa shape index (κ1) is 22.3. The molecule has 7 heteroatoms. The number of nitrogens with zero attached hydrogens (tertiary/aromatic N) is 1. The third kappa shape index (κ3) is 3.69. The van der Waals surface area contributed by atoms with Crippen molar-refractivity contribution < 1.29 is 28.9 Å². The van der Waals surface area contributed by atoms with Gasteiger partial charge in [-0.25, -0.2) is 4.79 Å². The molecule has 3 saturated heterocycles. The zero-order valence-corrected chi connectivity index (χ0v) is 19.8. The van der Waals surface area contributed by atoms with E-state index < -0.39 is 35.9 Å². The number of piperidine rings is 1. The number of ether oxygens (including phenoxy) is 3. The largest absolute Gasteiger partial charge is 0.462 e. The van der Waals surface area contributed by atoms with Crippen LogP contribution in [-0.4, -0.2) is 71.1 Å². The SMILES string of the molecule is CC1C(=O)O[C@H]2C[C@]3(C)O[C@H]3[C@H](O)[C@@H](N3CCC(Cc4ccccc4)CC3)C3=C[C@@H](OC3=O)[C@H]12. The fourth-order valence-corrected chi connectivity index (χ4v) is 6.76. The molecule has 1 unspecified atom stereocenters. The lowest BCUT2D eigenvalue weighted by Crippen LogP contribution is -2.52. The molecular formula is C27H33NO6. The van der Waals surface area contributed by atoms with Crippen LogP contribution in [0.15, 0.2) is 42.0 Å². The summed E-state index contributed by atoms with van der Waals surface area (Å²) in [6, 6.07) is 10.1. The van der Waals surface area contributed by atoms with Gasteiger partial charge in [0.15, 0.2) is 0 Å². The van der Waals surface area contributed by atoms with E-state index in [1.807, 2.05) is 26.0 Å². The van der Waals surface area contributed by atoms with Crippen LogP contribution in [0.5, 0.6) is 0 Å². The van der Waals surface area contributed by atoms with Crippen LogP contribution in [0.2, 0.25) is 0 Å². The first-order valence-corrected chi connectivity index (χ1v) is 12.6. The zero-order chi connectivity index (χ0) is 23.6. The van der Waals surface area contributed by atoms with Gasteiger partial charge in [0.1, 0.15) is 24.4 Å². The highest BCUT2D eigenvalue weighted by molar-refractivity contribution is 5.92. The van der Waals surface area contributed by atoms with E-state index in [4.69, 9.17) is 14.2 Å². The summed E-state index contributed by atoms with van der Waals surface area (Å²) >= 11 is 0. The Morgan fingerprint density at radius 2 is 1.85 bits per heavy atom. The number of aliphatic hydroxyl groups excluding tert-OH is 1. The standard InChI is InChI=1S/C27H33NO6/c1-15-21-19-13-18(26(31)32-19)22(23(29)24-27(2,34-24)14-20(21)33-25(15)30)28-10-8-17(9-11-28)12-16-6-4-3-5-7-16/h3-7,13,15,17,19-24,29H,8-12,14H2,1-2H3/t15?,19-,20+,21+,22+,23-,24+,27+/m1/s1. The smallest absolute Gasteiger partial charge is 0.336 e. The van der Waals surface area contributed by atoms with Crippen LogP contribution < -0.4 is 0 Å². The van der Waals surface area contributed by atoms with Gasteiger partial charge in [-0.3, -0.25) is 9.69 Å². The van der Waals surface area contributed by atoms with Gasteiger partial charge in [-0.2, -0.15) is 0 Å². The number of benzene rings is 1. The molecule has 4 aliphatic heterocycles. The number of carbonyl (C=O) groups excluding carboxylic acids is 2. The quantitative estimate of drug-likeness (QED) is 0.539. The average Bonchev–Trinajstić information content (AvgIpc) is 3.23. The highest BCUT2D eigenvalue weighted by atomic mass is 16.6. The highest BCUT2D eigenvalue weighted by Crippen LogP contribution is 2.50. The first-order valence-electron chi connectivity index (χ1n) is 12.6. The van der Waals surface area contributed by atoms with Gasteiger partial charge < -0.3 is 19.3 Å². The van der Waals surface area contributed by atoms with Crippen molar-refractivity contribution in [2.45, 2.75) is 75.6 Å². The van der Waals surface area contributed by atoms with Crippen molar-refractivity contribution in [3.8, 4) is 0 Å². The van der Waals surface area contributed by atoms with Crippen LogP contribution >= 0.6 is 0 Å². The van der Waals surface area contributed by atoms with Crippen molar-refractivity contribution in [1.29, 1.82) is 0 Å². The minimum absolute atomic E-state index is 0.233. The minimum atomic E-state index is -0.848. The summed E-state index contributed by atoms with van der Waals surface area (Å²) < 4.78 is 17.5. The Bertz CT molecular complexity index is 1000. The first-order chi connectivity index (χ1) is 16.3. The molecule has 6 rings (SSSR count). The van der Waals surface area contributed by atoms with E-state index >= 15 is 0 Å². The molecule has 7 nitrogen and oxygen atoms in total. The van der Waals surface area contributed by atoms with Crippen molar-refractivity contribution in [2.75, 3.05) is 13.1 Å².